The molecule has 0 atom stereocenters. The molecule has 0 spiro atoms. The van der Waals surface area contributed by atoms with Crippen LogP contribution in [0, 0.1) is 0 Å². The molecule has 2 aromatic heterocycles. The zero-order chi connectivity index (χ0) is 11.9. The van der Waals surface area contributed by atoms with E-state index < -0.39 is 0 Å². The van der Waals surface area contributed by atoms with Gasteiger partial charge in [-0.05, 0) is 29.3 Å². The van der Waals surface area contributed by atoms with Crippen LogP contribution in [0.1, 0.15) is 11.1 Å². The minimum absolute atomic E-state index is 0.968. The predicted octanol–water partition coefficient (Wildman–Crippen LogP) is 3.17. The number of aromatic nitrogens is 3. The van der Waals surface area contributed by atoms with Gasteiger partial charge in [-0.3, -0.25) is 0 Å². The molecule has 0 aliphatic carbocycles. The van der Waals surface area contributed by atoms with Gasteiger partial charge in [-0.25, -0.2) is 9.97 Å². The van der Waals surface area contributed by atoms with E-state index in [-0.39, 0.29) is 0 Å². The Hall–Kier alpha value is -1.81. The molecule has 0 radical (unpaired) electrons. The van der Waals surface area contributed by atoms with Crippen LogP contribution in [0.25, 0.3) is 16.7 Å². The maximum absolute atomic E-state index is 4.36. The second kappa shape index (κ2) is 3.85. The van der Waals surface area contributed by atoms with Gasteiger partial charge in [0.1, 0.15) is 12.0 Å². The van der Waals surface area contributed by atoms with Crippen molar-refractivity contribution in [3.63, 3.8) is 0 Å². The SMILES string of the molecule is c1ncc2ccn(-c3ccc4c(c3)CSC4)c2n1. The Morgan fingerprint density at radius 3 is 3.06 bits per heavy atom. The van der Waals surface area contributed by atoms with E-state index in [4.69, 9.17) is 0 Å². The van der Waals surface area contributed by atoms with E-state index in [2.05, 4.69) is 45.0 Å². The molecule has 0 saturated heterocycles. The Balaban J connectivity index is 1.92. The Morgan fingerprint density at radius 2 is 2.06 bits per heavy atom. The smallest absolute Gasteiger partial charge is 0.147 e. The fourth-order valence-corrected chi connectivity index (χ4v) is 3.49. The zero-order valence-electron chi connectivity index (χ0n) is 9.71. The zero-order valence-corrected chi connectivity index (χ0v) is 10.5. The van der Waals surface area contributed by atoms with Gasteiger partial charge in [-0.2, -0.15) is 11.8 Å². The largest absolute Gasteiger partial charge is 0.301 e. The lowest BCUT2D eigenvalue weighted by molar-refractivity contribution is 1.07. The number of benzene rings is 1. The van der Waals surface area contributed by atoms with Crippen molar-refractivity contribution in [3.8, 4) is 5.69 Å². The molecule has 0 saturated carbocycles. The third kappa shape index (κ3) is 1.46. The van der Waals surface area contributed by atoms with Crippen LogP contribution in [0.15, 0.2) is 43.0 Å². The first-order valence-electron chi connectivity index (χ1n) is 5.89. The summed E-state index contributed by atoms with van der Waals surface area (Å²) in [7, 11) is 0. The van der Waals surface area contributed by atoms with E-state index in [1.54, 1.807) is 6.33 Å². The first-order valence-corrected chi connectivity index (χ1v) is 7.04. The van der Waals surface area contributed by atoms with Crippen molar-refractivity contribution >= 4 is 22.8 Å². The molecule has 3 aromatic rings. The molecule has 0 unspecified atom stereocenters. The van der Waals surface area contributed by atoms with E-state index >= 15 is 0 Å². The fourth-order valence-electron chi connectivity index (χ4n) is 2.39. The van der Waals surface area contributed by atoms with Crippen LogP contribution in [0.3, 0.4) is 0 Å². The molecule has 0 N–H and O–H groups in total. The van der Waals surface area contributed by atoms with Crippen molar-refractivity contribution in [2.24, 2.45) is 0 Å². The number of rotatable bonds is 1. The van der Waals surface area contributed by atoms with Gasteiger partial charge in [-0.15, -0.1) is 0 Å². The Kier molecular flexibility index (Phi) is 2.17. The van der Waals surface area contributed by atoms with Crippen LogP contribution in [-0.2, 0) is 11.5 Å². The molecule has 1 aliphatic heterocycles. The second-order valence-electron chi connectivity index (χ2n) is 4.43. The summed E-state index contributed by atoms with van der Waals surface area (Å²) in [5.74, 6) is 2.27. The van der Waals surface area contributed by atoms with Crippen molar-refractivity contribution in [1.82, 2.24) is 14.5 Å². The average Bonchev–Trinajstić information content (AvgIpc) is 3.04. The maximum Gasteiger partial charge on any atom is 0.147 e. The van der Waals surface area contributed by atoms with Gasteiger partial charge >= 0.3 is 0 Å². The summed E-state index contributed by atoms with van der Waals surface area (Å²) in [5.41, 5.74) is 5.07. The third-order valence-corrected chi connectivity index (χ3v) is 4.36. The molecule has 4 heteroatoms. The second-order valence-corrected chi connectivity index (χ2v) is 5.42. The first-order chi connectivity index (χ1) is 8.92. The Bertz CT molecular complexity index is 733. The summed E-state index contributed by atoms with van der Waals surface area (Å²) in [6.07, 6.45) is 5.51. The van der Waals surface area contributed by atoms with Crippen molar-refractivity contribution < 1.29 is 0 Å². The number of nitrogens with zero attached hydrogens (tertiary/aromatic N) is 3. The molecule has 1 aliphatic rings. The predicted molar refractivity (Wildman–Crippen MR) is 73.9 cm³/mol. The molecule has 4 rings (SSSR count). The molecular weight excluding hydrogens is 242 g/mol. The Morgan fingerprint density at radius 1 is 1.11 bits per heavy atom. The summed E-state index contributed by atoms with van der Waals surface area (Å²) in [6, 6.07) is 8.73. The molecule has 0 fully saturated rings. The molecule has 18 heavy (non-hydrogen) atoms. The normalized spacial score (nSPS) is 14.0. The van der Waals surface area contributed by atoms with Crippen molar-refractivity contribution in [1.29, 1.82) is 0 Å². The van der Waals surface area contributed by atoms with Gasteiger partial charge < -0.3 is 4.57 Å². The highest BCUT2D eigenvalue weighted by Gasteiger charge is 2.12. The van der Waals surface area contributed by atoms with Gasteiger partial charge in [0.15, 0.2) is 0 Å². The number of hydrogen-bond acceptors (Lipinski definition) is 3. The van der Waals surface area contributed by atoms with Gasteiger partial charge in [0.25, 0.3) is 0 Å². The van der Waals surface area contributed by atoms with Gasteiger partial charge in [0.05, 0.1) is 0 Å². The van der Waals surface area contributed by atoms with Crippen molar-refractivity contribution in [2.75, 3.05) is 0 Å². The summed E-state index contributed by atoms with van der Waals surface area (Å²) < 4.78 is 2.13. The molecule has 0 bridgehead atoms. The number of hydrogen-bond donors (Lipinski definition) is 0. The van der Waals surface area contributed by atoms with E-state index in [0.29, 0.717) is 0 Å². The van der Waals surface area contributed by atoms with Crippen LogP contribution in [0.4, 0.5) is 0 Å². The minimum Gasteiger partial charge on any atom is -0.301 e. The lowest BCUT2D eigenvalue weighted by atomic mass is 10.1. The molecule has 3 heterocycles. The topological polar surface area (TPSA) is 30.7 Å². The lowest BCUT2D eigenvalue weighted by Gasteiger charge is -2.06. The van der Waals surface area contributed by atoms with Gasteiger partial charge in [-0.1, -0.05) is 6.07 Å². The standard InChI is InChI=1S/C14H11N3S/c1-2-13(5-12-8-18-7-11(1)12)17-4-3-10-6-15-9-16-14(10)17/h1-6,9H,7-8H2. The van der Waals surface area contributed by atoms with Crippen LogP contribution >= 0.6 is 11.8 Å². The fraction of sp³-hybridized carbons (Fsp3) is 0.143. The van der Waals surface area contributed by atoms with E-state index in [9.17, 15) is 0 Å². The van der Waals surface area contributed by atoms with Crippen LogP contribution in [0.5, 0.6) is 0 Å². The Labute approximate surface area is 109 Å². The maximum atomic E-state index is 4.36. The first kappa shape index (κ1) is 10.1. The number of thioether (sulfide) groups is 1. The average molecular weight is 253 g/mol. The molecule has 3 nitrogen and oxygen atoms in total. The lowest BCUT2D eigenvalue weighted by Crippen LogP contribution is -1.95. The summed E-state index contributed by atoms with van der Waals surface area (Å²) in [4.78, 5) is 8.41. The molecule has 88 valence electrons. The van der Waals surface area contributed by atoms with E-state index in [1.165, 1.54) is 16.8 Å². The number of fused-ring (bicyclic) bond motifs is 2. The molecule has 0 amide bonds. The van der Waals surface area contributed by atoms with E-state index in [0.717, 1.165) is 22.5 Å². The molecule has 1 aromatic carbocycles. The highest BCUT2D eigenvalue weighted by atomic mass is 32.2. The van der Waals surface area contributed by atoms with Crippen LogP contribution in [0.2, 0.25) is 0 Å². The third-order valence-electron chi connectivity index (χ3n) is 3.33. The van der Waals surface area contributed by atoms with Crippen molar-refractivity contribution in [2.45, 2.75) is 11.5 Å². The summed E-state index contributed by atoms with van der Waals surface area (Å²) in [6.45, 7) is 0. The van der Waals surface area contributed by atoms with Gasteiger partial charge in [0.2, 0.25) is 0 Å². The highest BCUT2D eigenvalue weighted by Crippen LogP contribution is 2.31. The van der Waals surface area contributed by atoms with Gasteiger partial charge in [0, 0.05) is 35.0 Å². The minimum atomic E-state index is 0.968. The summed E-state index contributed by atoms with van der Waals surface area (Å²) >= 11 is 1.98. The monoisotopic (exact) mass is 253 g/mol. The van der Waals surface area contributed by atoms with E-state index in [1.807, 2.05) is 18.0 Å². The quantitative estimate of drug-likeness (QED) is 0.667. The summed E-state index contributed by atoms with van der Waals surface area (Å²) in [5, 5.41) is 1.08. The molecular formula is C14H11N3S. The van der Waals surface area contributed by atoms with Crippen LogP contribution in [-0.4, -0.2) is 14.5 Å². The van der Waals surface area contributed by atoms with Crippen molar-refractivity contribution in [3.05, 3.63) is 54.1 Å². The highest BCUT2D eigenvalue weighted by molar-refractivity contribution is 7.98. The van der Waals surface area contributed by atoms with Crippen LogP contribution < -0.4 is 0 Å².